The minimum Gasteiger partial charge on any atom is -0.357 e. The maximum absolute atomic E-state index is 12.1. The van der Waals surface area contributed by atoms with Gasteiger partial charge in [0.1, 0.15) is 0 Å². The van der Waals surface area contributed by atoms with Crippen LogP contribution in [0, 0.1) is 6.92 Å². The van der Waals surface area contributed by atoms with Crippen molar-refractivity contribution in [1.29, 1.82) is 0 Å². The van der Waals surface area contributed by atoms with Gasteiger partial charge in [0.15, 0.2) is 0 Å². The number of anilines is 2. The number of hydrogen-bond acceptors (Lipinski definition) is 2. The Morgan fingerprint density at radius 2 is 1.70 bits per heavy atom. The summed E-state index contributed by atoms with van der Waals surface area (Å²) in [4.78, 5) is 13.8. The molecule has 1 amide bonds. The molecule has 0 saturated heterocycles. The summed E-state index contributed by atoms with van der Waals surface area (Å²) in [7, 11) is 0. The van der Waals surface area contributed by atoms with Crippen LogP contribution in [0.15, 0.2) is 66.4 Å². The molecule has 0 spiro atoms. The van der Waals surface area contributed by atoms with Crippen molar-refractivity contribution in [2.75, 3.05) is 16.8 Å². The third kappa shape index (κ3) is 2.43. The Labute approximate surface area is 118 Å². The molecule has 3 heteroatoms. The number of amides is 1. The molecule has 0 fully saturated rings. The standard InChI is InChI=1S/C17H16N2O/c1-13-7-5-6-10-16(13)18-14-11-17(20)19(12-14)15-8-3-2-4-9-15/h2-11,18H,12H2,1H3. The van der Waals surface area contributed by atoms with Crippen molar-refractivity contribution < 1.29 is 4.79 Å². The molecule has 0 unspecified atom stereocenters. The van der Waals surface area contributed by atoms with Crippen LogP contribution in [0.2, 0.25) is 0 Å². The molecule has 0 aliphatic carbocycles. The number of nitrogens with one attached hydrogen (secondary N) is 1. The predicted molar refractivity (Wildman–Crippen MR) is 81.7 cm³/mol. The van der Waals surface area contributed by atoms with E-state index in [2.05, 4.69) is 18.3 Å². The Balaban J connectivity index is 1.77. The molecule has 0 bridgehead atoms. The van der Waals surface area contributed by atoms with Crippen molar-refractivity contribution in [3.8, 4) is 0 Å². The third-order valence-electron chi connectivity index (χ3n) is 3.40. The van der Waals surface area contributed by atoms with E-state index in [0.717, 1.165) is 17.1 Å². The van der Waals surface area contributed by atoms with Gasteiger partial charge >= 0.3 is 0 Å². The molecule has 1 aliphatic heterocycles. The molecule has 1 N–H and O–H groups in total. The highest BCUT2D eigenvalue weighted by Crippen LogP contribution is 2.23. The van der Waals surface area contributed by atoms with Crippen molar-refractivity contribution in [1.82, 2.24) is 0 Å². The molecule has 2 aromatic rings. The number of carbonyl (C=O) groups excluding carboxylic acids is 1. The Hall–Kier alpha value is -2.55. The maximum atomic E-state index is 12.1. The van der Waals surface area contributed by atoms with Crippen LogP contribution in [-0.2, 0) is 4.79 Å². The van der Waals surface area contributed by atoms with Gasteiger partial charge in [0.2, 0.25) is 0 Å². The van der Waals surface area contributed by atoms with E-state index in [1.165, 1.54) is 5.56 Å². The van der Waals surface area contributed by atoms with E-state index >= 15 is 0 Å². The fraction of sp³-hybridized carbons (Fsp3) is 0.118. The number of nitrogens with zero attached hydrogens (tertiary/aromatic N) is 1. The second-order valence-corrected chi connectivity index (χ2v) is 4.87. The lowest BCUT2D eigenvalue weighted by Gasteiger charge is -2.17. The number of carbonyl (C=O) groups is 1. The lowest BCUT2D eigenvalue weighted by molar-refractivity contribution is -0.113. The molecule has 0 atom stereocenters. The topological polar surface area (TPSA) is 32.3 Å². The summed E-state index contributed by atoms with van der Waals surface area (Å²) in [5, 5.41) is 3.34. The Morgan fingerprint density at radius 1 is 1.00 bits per heavy atom. The molecule has 0 radical (unpaired) electrons. The first-order chi connectivity index (χ1) is 9.74. The molecule has 0 aromatic heterocycles. The summed E-state index contributed by atoms with van der Waals surface area (Å²) >= 11 is 0. The van der Waals surface area contributed by atoms with Gasteiger partial charge in [-0.3, -0.25) is 4.79 Å². The van der Waals surface area contributed by atoms with Gasteiger partial charge in [-0.25, -0.2) is 0 Å². The number of benzene rings is 2. The smallest absolute Gasteiger partial charge is 0.253 e. The van der Waals surface area contributed by atoms with Gasteiger partial charge in [-0.15, -0.1) is 0 Å². The van der Waals surface area contributed by atoms with Gasteiger partial charge in [0, 0.05) is 23.1 Å². The lowest BCUT2D eigenvalue weighted by atomic mass is 10.2. The van der Waals surface area contributed by atoms with Crippen molar-refractivity contribution in [2.45, 2.75) is 6.92 Å². The van der Waals surface area contributed by atoms with Gasteiger partial charge in [-0.2, -0.15) is 0 Å². The maximum Gasteiger partial charge on any atom is 0.253 e. The Morgan fingerprint density at radius 3 is 2.45 bits per heavy atom. The molecule has 3 rings (SSSR count). The molecule has 20 heavy (non-hydrogen) atoms. The quantitative estimate of drug-likeness (QED) is 0.922. The van der Waals surface area contributed by atoms with E-state index < -0.39 is 0 Å². The van der Waals surface area contributed by atoms with Crippen LogP contribution >= 0.6 is 0 Å². The SMILES string of the molecule is Cc1ccccc1NC1=CC(=O)N(c2ccccc2)C1. The van der Waals surface area contributed by atoms with Crippen LogP contribution in [0.25, 0.3) is 0 Å². The third-order valence-corrected chi connectivity index (χ3v) is 3.40. The van der Waals surface area contributed by atoms with Crippen molar-refractivity contribution in [3.63, 3.8) is 0 Å². The zero-order valence-electron chi connectivity index (χ0n) is 11.3. The number of hydrogen-bond donors (Lipinski definition) is 1. The van der Waals surface area contributed by atoms with Gasteiger partial charge in [0.25, 0.3) is 5.91 Å². The summed E-state index contributed by atoms with van der Waals surface area (Å²) in [6, 6.07) is 17.8. The van der Waals surface area contributed by atoms with E-state index in [0.29, 0.717) is 6.54 Å². The van der Waals surface area contributed by atoms with E-state index in [9.17, 15) is 4.79 Å². The minimum absolute atomic E-state index is 0.0206. The van der Waals surface area contributed by atoms with Crippen molar-refractivity contribution in [3.05, 3.63) is 71.9 Å². The first kappa shape index (κ1) is 12.5. The van der Waals surface area contributed by atoms with Gasteiger partial charge in [-0.1, -0.05) is 36.4 Å². The number of aryl methyl sites for hydroxylation is 1. The van der Waals surface area contributed by atoms with Crippen LogP contribution in [-0.4, -0.2) is 12.5 Å². The minimum atomic E-state index is 0.0206. The van der Waals surface area contributed by atoms with Crippen LogP contribution < -0.4 is 10.2 Å². The van der Waals surface area contributed by atoms with E-state index in [1.54, 1.807) is 11.0 Å². The fourth-order valence-corrected chi connectivity index (χ4v) is 2.31. The highest BCUT2D eigenvalue weighted by Gasteiger charge is 2.22. The van der Waals surface area contributed by atoms with Crippen molar-refractivity contribution >= 4 is 17.3 Å². The summed E-state index contributed by atoms with van der Waals surface area (Å²) in [5.41, 5.74) is 4.06. The molecule has 0 saturated carbocycles. The highest BCUT2D eigenvalue weighted by molar-refractivity contribution is 6.05. The van der Waals surface area contributed by atoms with Crippen LogP contribution in [0.5, 0.6) is 0 Å². The molecular formula is C17H16N2O. The first-order valence-corrected chi connectivity index (χ1v) is 6.64. The molecule has 2 aromatic carbocycles. The second kappa shape index (κ2) is 5.21. The first-order valence-electron chi connectivity index (χ1n) is 6.64. The van der Waals surface area contributed by atoms with Crippen molar-refractivity contribution in [2.24, 2.45) is 0 Å². The average molecular weight is 264 g/mol. The van der Waals surface area contributed by atoms with Crippen LogP contribution in [0.3, 0.4) is 0 Å². The normalized spacial score (nSPS) is 14.3. The van der Waals surface area contributed by atoms with Gasteiger partial charge in [-0.05, 0) is 30.7 Å². The predicted octanol–water partition coefficient (Wildman–Crippen LogP) is 3.34. The van der Waals surface area contributed by atoms with E-state index in [1.807, 2.05) is 48.5 Å². The second-order valence-electron chi connectivity index (χ2n) is 4.87. The zero-order chi connectivity index (χ0) is 13.9. The Bertz CT molecular complexity index is 662. The largest absolute Gasteiger partial charge is 0.357 e. The molecule has 1 heterocycles. The van der Waals surface area contributed by atoms with E-state index in [-0.39, 0.29) is 5.91 Å². The van der Waals surface area contributed by atoms with Crippen LogP contribution in [0.4, 0.5) is 11.4 Å². The summed E-state index contributed by atoms with van der Waals surface area (Å²) in [5.74, 6) is 0.0206. The van der Waals surface area contributed by atoms with E-state index in [4.69, 9.17) is 0 Å². The Kier molecular flexibility index (Phi) is 3.25. The average Bonchev–Trinajstić information content (AvgIpc) is 2.83. The summed E-state index contributed by atoms with van der Waals surface area (Å²) < 4.78 is 0. The summed E-state index contributed by atoms with van der Waals surface area (Å²) in [6.45, 7) is 2.63. The van der Waals surface area contributed by atoms with Crippen LogP contribution in [0.1, 0.15) is 5.56 Å². The lowest BCUT2D eigenvalue weighted by Crippen LogP contribution is -2.25. The zero-order valence-corrected chi connectivity index (χ0v) is 11.3. The fourth-order valence-electron chi connectivity index (χ4n) is 2.31. The monoisotopic (exact) mass is 264 g/mol. The van der Waals surface area contributed by atoms with Gasteiger partial charge in [0.05, 0.1) is 6.54 Å². The number of para-hydroxylation sites is 2. The summed E-state index contributed by atoms with van der Waals surface area (Å²) in [6.07, 6.45) is 1.67. The molecule has 3 nitrogen and oxygen atoms in total. The number of rotatable bonds is 3. The molecular weight excluding hydrogens is 248 g/mol. The molecule has 1 aliphatic rings. The highest BCUT2D eigenvalue weighted by atomic mass is 16.2. The molecule has 100 valence electrons. The van der Waals surface area contributed by atoms with Gasteiger partial charge < -0.3 is 10.2 Å².